The number of carbonyl (C=O) groups is 2. The molecule has 114 valence electrons. The Morgan fingerprint density at radius 1 is 1.43 bits per heavy atom. The van der Waals surface area contributed by atoms with Crippen molar-refractivity contribution in [1.82, 2.24) is 15.2 Å². The van der Waals surface area contributed by atoms with E-state index in [4.69, 9.17) is 5.11 Å². The molecule has 0 saturated heterocycles. The van der Waals surface area contributed by atoms with E-state index in [1.807, 2.05) is 32.8 Å². The van der Waals surface area contributed by atoms with E-state index in [9.17, 15) is 9.59 Å². The summed E-state index contributed by atoms with van der Waals surface area (Å²) < 4.78 is 0. The van der Waals surface area contributed by atoms with Gasteiger partial charge in [-0.2, -0.15) is 0 Å². The van der Waals surface area contributed by atoms with Crippen molar-refractivity contribution < 1.29 is 14.7 Å². The molecule has 6 nitrogen and oxygen atoms in total. The molecular formula is C15H21N3O3. The maximum Gasteiger partial charge on any atom is 0.328 e. The van der Waals surface area contributed by atoms with Crippen molar-refractivity contribution in [3.05, 3.63) is 35.7 Å². The summed E-state index contributed by atoms with van der Waals surface area (Å²) >= 11 is 0. The summed E-state index contributed by atoms with van der Waals surface area (Å²) in [7, 11) is 3.88. The Kier molecular flexibility index (Phi) is 5.60. The molecule has 0 atom stereocenters. The third-order valence-electron chi connectivity index (χ3n) is 3.35. The second kappa shape index (κ2) is 6.99. The van der Waals surface area contributed by atoms with Crippen LogP contribution in [0.15, 0.2) is 24.4 Å². The fourth-order valence-corrected chi connectivity index (χ4v) is 1.44. The number of nitrogens with zero attached hydrogens (tertiary/aromatic N) is 2. The second-order valence-electron chi connectivity index (χ2n) is 5.50. The van der Waals surface area contributed by atoms with E-state index in [1.54, 1.807) is 12.1 Å². The highest BCUT2D eigenvalue weighted by atomic mass is 16.4. The number of aromatic nitrogens is 1. The molecule has 1 amide bonds. The fraction of sp³-hybridized carbons (Fsp3) is 0.400. The highest BCUT2D eigenvalue weighted by molar-refractivity contribution is 5.97. The topological polar surface area (TPSA) is 82.5 Å². The van der Waals surface area contributed by atoms with E-state index < -0.39 is 5.97 Å². The largest absolute Gasteiger partial charge is 0.478 e. The molecule has 0 bridgehead atoms. The average Bonchev–Trinajstić information content (AvgIpc) is 2.42. The molecular weight excluding hydrogens is 270 g/mol. The van der Waals surface area contributed by atoms with Gasteiger partial charge in [0.1, 0.15) is 5.69 Å². The van der Waals surface area contributed by atoms with E-state index in [2.05, 4.69) is 10.3 Å². The minimum Gasteiger partial charge on any atom is -0.478 e. The number of likely N-dealkylation sites (N-methyl/N-ethyl adjacent to an activating group) is 1. The summed E-state index contributed by atoms with van der Waals surface area (Å²) in [5, 5.41) is 11.5. The van der Waals surface area contributed by atoms with E-state index in [0.29, 0.717) is 12.1 Å². The van der Waals surface area contributed by atoms with E-state index in [1.165, 1.54) is 12.3 Å². The molecule has 0 aliphatic carbocycles. The van der Waals surface area contributed by atoms with E-state index >= 15 is 0 Å². The number of carboxylic acid groups (broad SMARTS) is 1. The standard InChI is InChI=1S/C15H21N3O3/c1-15(2,18(3)4)10-17-14(21)13-11(6-5-9-16-13)7-8-12(19)20/h5-9H,10H2,1-4H3,(H,17,21)(H,19,20)/b8-7+. The lowest BCUT2D eigenvalue weighted by atomic mass is 10.0. The van der Waals surface area contributed by atoms with Gasteiger partial charge in [0.25, 0.3) is 5.91 Å². The first-order chi connectivity index (χ1) is 9.74. The van der Waals surface area contributed by atoms with Gasteiger partial charge in [0.15, 0.2) is 0 Å². The molecule has 1 rings (SSSR count). The van der Waals surface area contributed by atoms with Crippen LogP contribution in [0.5, 0.6) is 0 Å². The monoisotopic (exact) mass is 291 g/mol. The Balaban J connectivity index is 2.86. The lowest BCUT2D eigenvalue weighted by Crippen LogP contribution is -2.48. The lowest BCUT2D eigenvalue weighted by molar-refractivity contribution is -0.131. The molecule has 0 aliphatic rings. The third kappa shape index (κ3) is 5.00. The predicted octanol–water partition coefficient (Wildman–Crippen LogP) is 1.25. The zero-order chi connectivity index (χ0) is 16.0. The van der Waals surface area contributed by atoms with Gasteiger partial charge in [-0.05, 0) is 40.1 Å². The molecule has 2 N–H and O–H groups in total. The minimum atomic E-state index is -1.07. The van der Waals surface area contributed by atoms with Crippen LogP contribution in [0, 0.1) is 0 Å². The number of amides is 1. The molecule has 1 aromatic heterocycles. The second-order valence-corrected chi connectivity index (χ2v) is 5.50. The number of rotatable bonds is 6. The van der Waals surface area contributed by atoms with Gasteiger partial charge in [-0.1, -0.05) is 6.07 Å². The highest BCUT2D eigenvalue weighted by Gasteiger charge is 2.22. The van der Waals surface area contributed by atoms with Crippen LogP contribution >= 0.6 is 0 Å². The fourth-order valence-electron chi connectivity index (χ4n) is 1.44. The predicted molar refractivity (Wildman–Crippen MR) is 81.0 cm³/mol. The molecule has 0 unspecified atom stereocenters. The molecule has 1 heterocycles. The van der Waals surface area contributed by atoms with Gasteiger partial charge in [-0.15, -0.1) is 0 Å². The quantitative estimate of drug-likeness (QED) is 0.771. The number of pyridine rings is 1. The molecule has 0 aliphatic heterocycles. The number of aliphatic carboxylic acids is 1. The lowest BCUT2D eigenvalue weighted by Gasteiger charge is -2.32. The zero-order valence-corrected chi connectivity index (χ0v) is 12.8. The van der Waals surface area contributed by atoms with Crippen molar-refractivity contribution in [3.63, 3.8) is 0 Å². The van der Waals surface area contributed by atoms with Gasteiger partial charge in [0.05, 0.1) is 0 Å². The Morgan fingerprint density at radius 2 is 2.10 bits per heavy atom. The van der Waals surface area contributed by atoms with E-state index in [0.717, 1.165) is 6.08 Å². The Morgan fingerprint density at radius 3 is 2.67 bits per heavy atom. The molecule has 1 aromatic rings. The third-order valence-corrected chi connectivity index (χ3v) is 3.35. The highest BCUT2D eigenvalue weighted by Crippen LogP contribution is 2.10. The number of carbonyl (C=O) groups excluding carboxylic acids is 1. The SMILES string of the molecule is CN(C)C(C)(C)CNC(=O)c1ncccc1/C=C/C(=O)O. The smallest absolute Gasteiger partial charge is 0.328 e. The first kappa shape index (κ1) is 16.8. The summed E-state index contributed by atoms with van der Waals surface area (Å²) in [5.41, 5.74) is 0.492. The molecule has 0 saturated carbocycles. The summed E-state index contributed by atoms with van der Waals surface area (Å²) in [4.78, 5) is 28.8. The molecule has 0 fully saturated rings. The minimum absolute atomic E-state index is 0.193. The van der Waals surface area contributed by atoms with E-state index in [-0.39, 0.29) is 17.1 Å². The van der Waals surface area contributed by atoms with Gasteiger partial charge in [0, 0.05) is 29.9 Å². The Hall–Kier alpha value is -2.21. The van der Waals surface area contributed by atoms with Gasteiger partial charge in [0.2, 0.25) is 0 Å². The maximum absolute atomic E-state index is 12.2. The average molecular weight is 291 g/mol. The Bertz CT molecular complexity index is 551. The zero-order valence-electron chi connectivity index (χ0n) is 12.8. The van der Waals surface area contributed by atoms with Crippen molar-refractivity contribution >= 4 is 18.0 Å². The molecule has 0 radical (unpaired) electrons. The van der Waals surface area contributed by atoms with Crippen LogP contribution in [0.2, 0.25) is 0 Å². The normalized spacial score (nSPS) is 11.9. The first-order valence-electron chi connectivity index (χ1n) is 6.55. The molecule has 6 heteroatoms. The summed E-state index contributed by atoms with van der Waals surface area (Å²) in [5.74, 6) is -1.39. The molecule has 0 spiro atoms. The number of carboxylic acids is 1. The summed E-state index contributed by atoms with van der Waals surface area (Å²) in [6.45, 7) is 4.48. The van der Waals surface area contributed by atoms with Crippen molar-refractivity contribution in [2.75, 3.05) is 20.6 Å². The van der Waals surface area contributed by atoms with Gasteiger partial charge in [-0.3, -0.25) is 9.78 Å². The number of hydrogen-bond donors (Lipinski definition) is 2. The number of hydrogen-bond acceptors (Lipinski definition) is 4. The van der Waals surface area contributed by atoms with Crippen LogP contribution in [0.1, 0.15) is 29.9 Å². The number of nitrogens with one attached hydrogen (secondary N) is 1. The van der Waals surface area contributed by atoms with Crippen LogP contribution < -0.4 is 5.32 Å². The van der Waals surface area contributed by atoms with Crippen LogP contribution in [-0.2, 0) is 4.79 Å². The molecule has 21 heavy (non-hydrogen) atoms. The van der Waals surface area contributed by atoms with Crippen molar-refractivity contribution in [1.29, 1.82) is 0 Å². The summed E-state index contributed by atoms with van der Waals surface area (Å²) in [6, 6.07) is 3.31. The van der Waals surface area contributed by atoms with Crippen LogP contribution in [-0.4, -0.2) is 53.0 Å². The Labute approximate surface area is 124 Å². The van der Waals surface area contributed by atoms with Crippen molar-refractivity contribution in [2.45, 2.75) is 19.4 Å². The van der Waals surface area contributed by atoms with Crippen LogP contribution in [0.3, 0.4) is 0 Å². The van der Waals surface area contributed by atoms with Gasteiger partial charge in [-0.25, -0.2) is 4.79 Å². The molecule has 0 aromatic carbocycles. The maximum atomic E-state index is 12.2. The van der Waals surface area contributed by atoms with Crippen LogP contribution in [0.25, 0.3) is 6.08 Å². The van der Waals surface area contributed by atoms with Crippen molar-refractivity contribution in [2.24, 2.45) is 0 Å². The first-order valence-corrected chi connectivity index (χ1v) is 6.55. The van der Waals surface area contributed by atoms with Gasteiger partial charge >= 0.3 is 5.97 Å². The van der Waals surface area contributed by atoms with Gasteiger partial charge < -0.3 is 15.3 Å². The van der Waals surface area contributed by atoms with Crippen LogP contribution in [0.4, 0.5) is 0 Å². The summed E-state index contributed by atoms with van der Waals surface area (Å²) in [6.07, 6.45) is 3.85. The van der Waals surface area contributed by atoms with Crippen molar-refractivity contribution in [3.8, 4) is 0 Å².